The first-order valence-corrected chi connectivity index (χ1v) is 29.6. The predicted molar refractivity (Wildman–Crippen MR) is 342 cm³/mol. The van der Waals surface area contributed by atoms with Crippen molar-refractivity contribution < 1.29 is 9.47 Å². The number of fused-ring (bicyclic) bond motifs is 18. The average molecular weight is 1070 g/mol. The molecule has 0 amide bonds. The molecule has 6 aliphatic rings. The zero-order chi connectivity index (χ0) is 54.8. The molecule has 2 spiro atoms. The summed E-state index contributed by atoms with van der Waals surface area (Å²) in [4.78, 5) is 4.80. The van der Waals surface area contributed by atoms with Gasteiger partial charge in [0.25, 0.3) is 0 Å². The van der Waals surface area contributed by atoms with Gasteiger partial charge in [0.2, 0.25) is 0 Å². The molecule has 0 aromatic heterocycles. The van der Waals surface area contributed by atoms with Crippen LogP contribution in [0.4, 0.5) is 34.1 Å². The van der Waals surface area contributed by atoms with Gasteiger partial charge in [-0.15, -0.1) is 0 Å². The van der Waals surface area contributed by atoms with Crippen LogP contribution in [-0.4, -0.2) is 0 Å². The molecule has 0 radical (unpaired) electrons. The van der Waals surface area contributed by atoms with E-state index in [1.165, 1.54) is 111 Å². The highest BCUT2D eigenvalue weighted by molar-refractivity contribution is 6.23. The van der Waals surface area contributed by atoms with Gasteiger partial charge in [0.15, 0.2) is 23.0 Å². The second kappa shape index (κ2) is 17.1. The fourth-order valence-corrected chi connectivity index (χ4v) is 16.3. The minimum atomic E-state index is -0.189. The Hall–Kier alpha value is -10.4. The molecule has 0 saturated carbocycles. The number of hydrogen-bond donors (Lipinski definition) is 0. The van der Waals surface area contributed by atoms with E-state index in [0.29, 0.717) is 0 Å². The maximum atomic E-state index is 6.65. The van der Waals surface area contributed by atoms with Crippen LogP contribution in [0.15, 0.2) is 267 Å². The highest BCUT2D eigenvalue weighted by Gasteiger charge is 2.49. The fourth-order valence-electron chi connectivity index (χ4n) is 16.3. The van der Waals surface area contributed by atoms with Gasteiger partial charge in [-0.3, -0.25) is 0 Å². The molecule has 0 fully saturated rings. The summed E-state index contributed by atoms with van der Waals surface area (Å²) < 4.78 is 13.3. The zero-order valence-electron chi connectivity index (χ0n) is 45.9. The van der Waals surface area contributed by atoms with Crippen LogP contribution in [0, 0.1) is 0 Å². The van der Waals surface area contributed by atoms with Gasteiger partial charge in [0.05, 0.1) is 22.7 Å². The largest absolute Gasteiger partial charge is 0.453 e. The highest BCUT2D eigenvalue weighted by Crippen LogP contribution is 2.61. The third-order valence-electron chi connectivity index (χ3n) is 19.8. The summed E-state index contributed by atoms with van der Waals surface area (Å²) >= 11 is 0. The molecule has 4 nitrogen and oxygen atoms in total. The van der Waals surface area contributed by atoms with E-state index >= 15 is 0 Å². The highest BCUT2D eigenvalue weighted by atomic mass is 16.5. The van der Waals surface area contributed by atoms with Crippen molar-refractivity contribution in [2.45, 2.75) is 36.5 Å². The van der Waals surface area contributed by atoms with Crippen LogP contribution < -0.4 is 19.3 Å². The Balaban J connectivity index is 0.922. The Bertz CT molecular complexity index is 4570. The number of hydrogen-bond acceptors (Lipinski definition) is 4. The van der Waals surface area contributed by atoms with Crippen LogP contribution in [0.3, 0.4) is 0 Å². The van der Waals surface area contributed by atoms with Crippen LogP contribution in [0.2, 0.25) is 0 Å². The monoisotopic (exact) mass is 1070 g/mol. The van der Waals surface area contributed by atoms with Crippen LogP contribution >= 0.6 is 0 Å². The van der Waals surface area contributed by atoms with Crippen molar-refractivity contribution in [2.24, 2.45) is 0 Å². The van der Waals surface area contributed by atoms with E-state index in [2.05, 4.69) is 277 Å². The Labute approximate surface area is 487 Å². The first-order valence-electron chi connectivity index (χ1n) is 29.6. The topological polar surface area (TPSA) is 24.9 Å². The summed E-state index contributed by atoms with van der Waals surface area (Å²) in [5.41, 5.74) is 27.5. The molecule has 2 heterocycles. The van der Waals surface area contributed by atoms with E-state index in [-0.39, 0.29) is 10.8 Å². The summed E-state index contributed by atoms with van der Waals surface area (Å²) in [6.07, 6.45) is 3.88. The Kier molecular flexibility index (Phi) is 9.39. The molecule has 2 aliphatic heterocycles. The van der Waals surface area contributed by atoms with Crippen molar-refractivity contribution >= 4 is 55.7 Å². The Morgan fingerprint density at radius 2 is 0.583 bits per heavy atom. The fraction of sp³-hybridized carbons (Fsp3) is 0.0750. The lowest BCUT2D eigenvalue weighted by atomic mass is 9.74. The molecule has 0 saturated heterocycles. The van der Waals surface area contributed by atoms with Gasteiger partial charge in [-0.25, -0.2) is 0 Å². The summed E-state index contributed by atoms with van der Waals surface area (Å²) in [5.74, 6) is 3.32. The van der Waals surface area contributed by atoms with Crippen molar-refractivity contribution in [1.29, 1.82) is 0 Å². The minimum absolute atomic E-state index is 0.189. The molecule has 0 N–H and O–H groups in total. The first-order chi connectivity index (χ1) is 41.6. The SMILES string of the molecule is c1ccc2c(c1)CC1(C2)c2ccccc2-c2ccc(-c3c4ccc(N5c6ccccc6Oc6ccccc65)cc4c(-c4ccc5c(c4)C4(Cc6ccccc6C4)c4ccccc4-5)c4ccc(N5c6ccccc6Oc6ccccc65)cc34)cc21. The molecule has 0 bridgehead atoms. The number of anilines is 6. The quantitative estimate of drug-likeness (QED) is 0.164. The van der Waals surface area contributed by atoms with Gasteiger partial charge in [0.1, 0.15) is 0 Å². The molecule has 394 valence electrons. The summed E-state index contributed by atoms with van der Waals surface area (Å²) in [6, 6.07) is 99.9. The second-order valence-electron chi connectivity index (χ2n) is 24.0. The van der Waals surface area contributed by atoms with Gasteiger partial charge < -0.3 is 19.3 Å². The van der Waals surface area contributed by atoms with E-state index in [4.69, 9.17) is 9.47 Å². The van der Waals surface area contributed by atoms with Crippen LogP contribution in [0.1, 0.15) is 44.5 Å². The van der Waals surface area contributed by atoms with Crippen molar-refractivity contribution in [1.82, 2.24) is 0 Å². The molecule has 0 unspecified atom stereocenters. The molecule has 19 rings (SSSR count). The molecule has 84 heavy (non-hydrogen) atoms. The number of ether oxygens (including phenoxy) is 2. The van der Waals surface area contributed by atoms with Crippen LogP contribution in [0.5, 0.6) is 23.0 Å². The van der Waals surface area contributed by atoms with Crippen LogP contribution in [0.25, 0.3) is 66.1 Å². The van der Waals surface area contributed by atoms with Crippen molar-refractivity contribution in [3.05, 3.63) is 311 Å². The summed E-state index contributed by atoms with van der Waals surface area (Å²) in [6.45, 7) is 0. The maximum Gasteiger partial charge on any atom is 0.151 e. The Morgan fingerprint density at radius 3 is 0.964 bits per heavy atom. The third kappa shape index (κ3) is 6.32. The first kappa shape index (κ1) is 46.2. The number of rotatable bonds is 4. The van der Waals surface area contributed by atoms with E-state index in [9.17, 15) is 0 Å². The minimum Gasteiger partial charge on any atom is -0.453 e. The van der Waals surface area contributed by atoms with Crippen molar-refractivity contribution in [2.75, 3.05) is 9.80 Å². The van der Waals surface area contributed by atoms with E-state index < -0.39 is 0 Å². The van der Waals surface area contributed by atoms with Crippen LogP contribution in [-0.2, 0) is 36.5 Å². The van der Waals surface area contributed by atoms with Gasteiger partial charge >= 0.3 is 0 Å². The van der Waals surface area contributed by atoms with Crippen molar-refractivity contribution in [3.8, 4) is 67.5 Å². The average Bonchev–Trinajstić information content (AvgIpc) is 1.91. The zero-order valence-corrected chi connectivity index (χ0v) is 45.9. The van der Waals surface area contributed by atoms with E-state index in [1.54, 1.807) is 0 Å². The lowest BCUT2D eigenvalue weighted by molar-refractivity contribution is 0.477. The second-order valence-corrected chi connectivity index (χ2v) is 24.0. The lowest BCUT2D eigenvalue weighted by Gasteiger charge is -2.34. The molecule has 13 aromatic carbocycles. The number of benzene rings is 13. The summed E-state index contributed by atoms with van der Waals surface area (Å²) in [5, 5.41) is 4.78. The molecule has 4 aliphatic carbocycles. The molecule has 4 heteroatoms. The van der Waals surface area contributed by atoms with Crippen molar-refractivity contribution in [3.63, 3.8) is 0 Å². The van der Waals surface area contributed by atoms with Gasteiger partial charge in [-0.05, 0) is 221 Å². The van der Waals surface area contributed by atoms with E-state index in [1.807, 2.05) is 0 Å². The molecular weight excluding hydrogens is 1020 g/mol. The van der Waals surface area contributed by atoms with Gasteiger partial charge in [-0.1, -0.05) is 182 Å². The molecular formula is C80H52N2O2. The third-order valence-corrected chi connectivity index (χ3v) is 19.8. The summed E-state index contributed by atoms with van der Waals surface area (Å²) in [7, 11) is 0. The van der Waals surface area contributed by atoms with Gasteiger partial charge in [-0.2, -0.15) is 0 Å². The maximum absolute atomic E-state index is 6.65. The normalized spacial score (nSPS) is 15.3. The molecule has 0 atom stereocenters. The number of nitrogens with zero attached hydrogens (tertiary/aromatic N) is 2. The van der Waals surface area contributed by atoms with Gasteiger partial charge in [0, 0.05) is 22.2 Å². The number of para-hydroxylation sites is 8. The Morgan fingerprint density at radius 1 is 0.262 bits per heavy atom. The van der Waals surface area contributed by atoms with E-state index in [0.717, 1.165) is 82.8 Å². The lowest BCUT2D eigenvalue weighted by Crippen LogP contribution is -2.25. The smallest absolute Gasteiger partial charge is 0.151 e. The molecule has 13 aromatic rings. The standard InChI is InChI=1S/C80H52N2O2/c1-2-18-52-46-79(45-51(52)17-1)65-23-7-5-21-57(65)59-37-33-49(41-67(59)79)77-61-39-35-56(82-71-27-11-15-31-75(71)84-76-32-16-12-28-72(76)82)44-64(61)78(62-40-36-55(43-63(62)77)81-69-25-9-13-29-73(69)83-74-30-14-10-26-70(74)81)50-34-38-60-58-22-6-8-24-66(58)80(68(60)42-50)47-53-19-3-4-20-54(53)48-80/h1-44H,45-48H2. The predicted octanol–water partition coefficient (Wildman–Crippen LogP) is 20.6.